The van der Waals surface area contributed by atoms with Gasteiger partial charge in [-0.15, -0.1) is 0 Å². The van der Waals surface area contributed by atoms with Crippen molar-refractivity contribution >= 4 is 23.2 Å². The van der Waals surface area contributed by atoms with E-state index in [1.807, 2.05) is 30.3 Å². The molecule has 1 N–H and O–H groups in total. The number of rotatable bonds is 6. The molecule has 1 heterocycles. The molecule has 0 aromatic heterocycles. The van der Waals surface area contributed by atoms with Gasteiger partial charge in [-0.1, -0.05) is 42.5 Å². The van der Waals surface area contributed by atoms with Crippen LogP contribution in [0.4, 0.5) is 15.8 Å². The zero-order valence-electron chi connectivity index (χ0n) is 16.3. The fourth-order valence-corrected chi connectivity index (χ4v) is 3.35. The maximum atomic E-state index is 13.2. The van der Waals surface area contributed by atoms with Crippen LogP contribution >= 0.6 is 0 Å². The molecule has 152 valence electrons. The summed E-state index contributed by atoms with van der Waals surface area (Å²) in [7, 11) is 0. The lowest BCUT2D eigenvalue weighted by Gasteiger charge is -2.30. The van der Waals surface area contributed by atoms with Crippen molar-refractivity contribution in [2.24, 2.45) is 0 Å². The smallest absolute Gasteiger partial charge is 0.265 e. The highest BCUT2D eigenvalue weighted by Crippen LogP contribution is 2.35. The van der Waals surface area contributed by atoms with Gasteiger partial charge in [-0.3, -0.25) is 9.59 Å². The van der Waals surface area contributed by atoms with Crippen LogP contribution in [0.25, 0.3) is 0 Å². The van der Waals surface area contributed by atoms with E-state index in [1.54, 1.807) is 35.2 Å². The average molecular weight is 404 g/mol. The molecule has 0 atom stereocenters. The Kier molecular flexibility index (Phi) is 5.75. The van der Waals surface area contributed by atoms with Crippen LogP contribution in [0.5, 0.6) is 5.75 Å². The average Bonchev–Trinajstić information content (AvgIpc) is 2.76. The van der Waals surface area contributed by atoms with E-state index >= 15 is 0 Å². The minimum atomic E-state index is -0.326. The largest absolute Gasteiger partial charge is 0.482 e. The lowest BCUT2D eigenvalue weighted by molar-refractivity contribution is -0.121. The second-order valence-corrected chi connectivity index (χ2v) is 7.11. The summed E-state index contributed by atoms with van der Waals surface area (Å²) in [4.78, 5) is 26.4. The molecule has 0 bridgehead atoms. The number of amides is 2. The molecular formula is C24H21FN2O3. The summed E-state index contributed by atoms with van der Waals surface area (Å²) in [6, 6.07) is 21.1. The van der Waals surface area contributed by atoms with Crippen LogP contribution in [-0.4, -0.2) is 18.4 Å². The Hall–Kier alpha value is -3.67. The van der Waals surface area contributed by atoms with Gasteiger partial charge in [0, 0.05) is 12.1 Å². The minimum absolute atomic E-state index is 0.0586. The molecule has 4 rings (SSSR count). The third-order valence-electron chi connectivity index (χ3n) is 4.92. The molecule has 6 heteroatoms. The van der Waals surface area contributed by atoms with Gasteiger partial charge >= 0.3 is 0 Å². The Morgan fingerprint density at radius 1 is 1.00 bits per heavy atom. The quantitative estimate of drug-likeness (QED) is 0.666. The number of hydrogen-bond acceptors (Lipinski definition) is 3. The van der Waals surface area contributed by atoms with Crippen LogP contribution in [0.1, 0.15) is 17.5 Å². The molecular weight excluding hydrogens is 383 g/mol. The summed E-state index contributed by atoms with van der Waals surface area (Å²) in [5, 5.41) is 2.89. The number of ether oxygens (including phenoxy) is 1. The number of carbonyl (C=O) groups is 2. The van der Waals surface area contributed by atoms with Crippen molar-refractivity contribution in [2.75, 3.05) is 16.8 Å². The molecule has 0 radical (unpaired) electrons. The van der Waals surface area contributed by atoms with Crippen LogP contribution in [-0.2, 0) is 22.6 Å². The van der Waals surface area contributed by atoms with Gasteiger partial charge < -0.3 is 15.0 Å². The first-order valence-electron chi connectivity index (χ1n) is 9.74. The van der Waals surface area contributed by atoms with E-state index in [0.717, 1.165) is 11.1 Å². The number of hydrogen-bond donors (Lipinski definition) is 1. The number of benzene rings is 3. The van der Waals surface area contributed by atoms with E-state index in [9.17, 15) is 14.0 Å². The standard InChI is InChI=1S/C24H21FN2O3/c25-19-9-6-18(7-10-19)15-27-21-14-20(11-12-22(21)30-16-24(27)29)26-23(28)13-8-17-4-2-1-3-5-17/h1-7,9-12,14H,8,13,15-16H2,(H,26,28). The number of nitrogens with zero attached hydrogens (tertiary/aromatic N) is 1. The summed E-state index contributed by atoms with van der Waals surface area (Å²) in [6.45, 7) is 0.234. The van der Waals surface area contributed by atoms with E-state index in [4.69, 9.17) is 4.74 Å². The molecule has 3 aromatic rings. The Balaban J connectivity index is 1.47. The van der Waals surface area contributed by atoms with E-state index in [0.29, 0.717) is 36.5 Å². The van der Waals surface area contributed by atoms with Crippen LogP contribution in [0.3, 0.4) is 0 Å². The van der Waals surface area contributed by atoms with Gasteiger partial charge in [0.25, 0.3) is 5.91 Å². The summed E-state index contributed by atoms with van der Waals surface area (Å²) in [6.07, 6.45) is 1.01. The normalized spacial score (nSPS) is 12.8. The number of nitrogens with one attached hydrogen (secondary N) is 1. The van der Waals surface area contributed by atoms with Gasteiger partial charge in [-0.2, -0.15) is 0 Å². The third-order valence-corrected chi connectivity index (χ3v) is 4.92. The number of halogens is 1. The Morgan fingerprint density at radius 3 is 2.53 bits per heavy atom. The molecule has 0 aliphatic carbocycles. The molecule has 0 saturated heterocycles. The van der Waals surface area contributed by atoms with Crippen molar-refractivity contribution in [3.8, 4) is 5.75 Å². The topological polar surface area (TPSA) is 58.6 Å². The lowest BCUT2D eigenvalue weighted by Crippen LogP contribution is -2.38. The Labute approximate surface area is 174 Å². The summed E-state index contributed by atoms with van der Waals surface area (Å²) in [5.74, 6) is -0.0572. The van der Waals surface area contributed by atoms with Crippen LogP contribution < -0.4 is 15.0 Å². The maximum absolute atomic E-state index is 13.2. The van der Waals surface area contributed by atoms with Crippen molar-refractivity contribution in [1.82, 2.24) is 0 Å². The summed E-state index contributed by atoms with van der Waals surface area (Å²) >= 11 is 0. The monoisotopic (exact) mass is 404 g/mol. The highest BCUT2D eigenvalue weighted by Gasteiger charge is 2.26. The van der Waals surface area contributed by atoms with Crippen LogP contribution in [0.2, 0.25) is 0 Å². The van der Waals surface area contributed by atoms with Gasteiger partial charge in [0.15, 0.2) is 6.61 Å². The third kappa shape index (κ3) is 4.66. The molecule has 0 fully saturated rings. The fourth-order valence-electron chi connectivity index (χ4n) is 3.35. The molecule has 2 amide bonds. The predicted molar refractivity (Wildman–Crippen MR) is 113 cm³/mol. The maximum Gasteiger partial charge on any atom is 0.265 e. The van der Waals surface area contributed by atoms with Gasteiger partial charge in [-0.05, 0) is 47.9 Å². The minimum Gasteiger partial charge on any atom is -0.482 e. The number of carbonyl (C=O) groups excluding carboxylic acids is 2. The molecule has 30 heavy (non-hydrogen) atoms. The second-order valence-electron chi connectivity index (χ2n) is 7.11. The van der Waals surface area contributed by atoms with Gasteiger partial charge in [-0.25, -0.2) is 4.39 Å². The first kappa shape index (κ1) is 19.6. The fraction of sp³-hybridized carbons (Fsp3) is 0.167. The van der Waals surface area contributed by atoms with Gasteiger partial charge in [0.1, 0.15) is 11.6 Å². The zero-order valence-corrected chi connectivity index (χ0v) is 16.3. The molecule has 3 aromatic carbocycles. The molecule has 0 saturated carbocycles. The summed E-state index contributed by atoms with van der Waals surface area (Å²) in [5.41, 5.74) is 3.07. The molecule has 5 nitrogen and oxygen atoms in total. The van der Waals surface area contributed by atoms with Crippen molar-refractivity contribution in [3.63, 3.8) is 0 Å². The molecule has 1 aliphatic rings. The number of anilines is 2. The number of fused-ring (bicyclic) bond motifs is 1. The van der Waals surface area contributed by atoms with Crippen LogP contribution in [0, 0.1) is 5.82 Å². The molecule has 0 unspecified atom stereocenters. The second kappa shape index (κ2) is 8.78. The first-order chi connectivity index (χ1) is 14.6. The summed E-state index contributed by atoms with van der Waals surface area (Å²) < 4.78 is 18.7. The van der Waals surface area contributed by atoms with E-state index < -0.39 is 0 Å². The van der Waals surface area contributed by atoms with Crippen molar-refractivity contribution in [2.45, 2.75) is 19.4 Å². The SMILES string of the molecule is O=C(CCc1ccccc1)Nc1ccc2c(c1)N(Cc1ccc(F)cc1)C(=O)CO2. The van der Waals surface area contributed by atoms with Gasteiger partial charge in [0.05, 0.1) is 12.2 Å². The van der Waals surface area contributed by atoms with Gasteiger partial charge in [0.2, 0.25) is 5.91 Å². The Morgan fingerprint density at radius 2 is 1.77 bits per heavy atom. The van der Waals surface area contributed by atoms with Crippen molar-refractivity contribution in [3.05, 3.63) is 89.7 Å². The van der Waals surface area contributed by atoms with Crippen molar-refractivity contribution in [1.29, 1.82) is 0 Å². The van der Waals surface area contributed by atoms with E-state index in [1.165, 1.54) is 12.1 Å². The lowest BCUT2D eigenvalue weighted by atomic mass is 10.1. The predicted octanol–water partition coefficient (Wildman–Crippen LogP) is 4.32. The Bertz CT molecular complexity index is 1050. The molecule has 1 aliphatic heterocycles. The van der Waals surface area contributed by atoms with Crippen molar-refractivity contribution < 1.29 is 18.7 Å². The molecule has 0 spiro atoms. The first-order valence-corrected chi connectivity index (χ1v) is 9.74. The van der Waals surface area contributed by atoms with E-state index in [-0.39, 0.29) is 24.2 Å². The zero-order chi connectivity index (χ0) is 20.9. The number of aryl methyl sites for hydroxylation is 1. The van der Waals surface area contributed by atoms with E-state index in [2.05, 4.69) is 5.32 Å². The highest BCUT2D eigenvalue weighted by atomic mass is 19.1. The highest BCUT2D eigenvalue weighted by molar-refractivity contribution is 5.99. The van der Waals surface area contributed by atoms with Crippen LogP contribution in [0.15, 0.2) is 72.8 Å².